The third-order valence-corrected chi connectivity index (χ3v) is 10.7. The van der Waals surface area contributed by atoms with Gasteiger partial charge in [0.05, 0.1) is 30.0 Å². The lowest BCUT2D eigenvalue weighted by atomic mass is 9.99. The van der Waals surface area contributed by atoms with Crippen LogP contribution in [0.1, 0.15) is 49.8 Å². The molecule has 3 fully saturated rings. The number of aromatic nitrogens is 4. The van der Waals surface area contributed by atoms with Crippen LogP contribution < -0.4 is 26.2 Å². The number of nitriles is 1. The lowest BCUT2D eigenvalue weighted by Gasteiger charge is -2.31. The summed E-state index contributed by atoms with van der Waals surface area (Å²) in [6, 6.07) is 14.6. The summed E-state index contributed by atoms with van der Waals surface area (Å²) in [6.45, 7) is 4.16. The number of rotatable bonds is 11. The first-order valence-electron chi connectivity index (χ1n) is 18.8. The van der Waals surface area contributed by atoms with Crippen molar-refractivity contribution in [2.45, 2.75) is 81.7 Å². The van der Waals surface area contributed by atoms with Gasteiger partial charge in [0.25, 0.3) is 0 Å². The molecule has 7 rings (SSSR count). The largest absolute Gasteiger partial charge is 0.471 e. The Kier molecular flexibility index (Phi) is 11.3. The molecule has 4 heterocycles. The molecule has 0 spiro atoms. The Labute approximate surface area is 320 Å². The van der Waals surface area contributed by atoms with E-state index in [2.05, 4.69) is 32.3 Å². The predicted octanol–water partition coefficient (Wildman–Crippen LogP) is 3.05. The molecule has 0 bridgehead atoms. The van der Waals surface area contributed by atoms with Gasteiger partial charge in [-0.2, -0.15) is 28.4 Å². The molecular weight excluding hydrogens is 731 g/mol. The van der Waals surface area contributed by atoms with Gasteiger partial charge in [0.2, 0.25) is 5.95 Å². The molecular formula is C38H44F3N11O4. The second-order valence-electron chi connectivity index (χ2n) is 14.5. The maximum atomic E-state index is 13.6. The molecule has 2 saturated heterocycles. The van der Waals surface area contributed by atoms with E-state index in [1.807, 2.05) is 47.4 Å². The highest BCUT2D eigenvalue weighted by Crippen LogP contribution is 2.38. The van der Waals surface area contributed by atoms with Crippen molar-refractivity contribution in [1.29, 1.82) is 5.26 Å². The van der Waals surface area contributed by atoms with Crippen molar-refractivity contribution < 1.29 is 33.0 Å². The Morgan fingerprint density at radius 1 is 1.05 bits per heavy atom. The smallest absolute Gasteiger partial charge is 0.388 e. The number of urea groups is 1. The van der Waals surface area contributed by atoms with Gasteiger partial charge < -0.3 is 45.8 Å². The number of alkyl halides is 3. The minimum absolute atomic E-state index is 0.0569. The zero-order chi connectivity index (χ0) is 39.6. The number of imidazole rings is 1. The number of hydrogen-bond acceptors (Lipinski definition) is 11. The molecule has 15 nitrogen and oxygen atoms in total. The SMILES string of the molecule is CCCN(C(=O)C(F)(F)F)[C@H]1C[C@@H](n2cnc3c(NCc4ccc(-c5ccccc5C#N)cc4)nc(N4CC[C@@H](NC(=O)NC5CCNC5)C4)nc32)[C@H](O)[C@@H]1O. The monoisotopic (exact) mass is 775 g/mol. The van der Waals surface area contributed by atoms with E-state index in [0.29, 0.717) is 60.3 Å². The number of aliphatic hydroxyl groups is 2. The zero-order valence-electron chi connectivity index (χ0n) is 30.7. The Morgan fingerprint density at radius 2 is 1.82 bits per heavy atom. The normalized spacial score (nSPS) is 23.6. The molecule has 4 aromatic rings. The van der Waals surface area contributed by atoms with Gasteiger partial charge in [-0.3, -0.25) is 4.79 Å². The topological polar surface area (TPSA) is 197 Å². The van der Waals surface area contributed by atoms with Crippen LogP contribution in [0.3, 0.4) is 0 Å². The fourth-order valence-electron chi connectivity index (χ4n) is 7.88. The van der Waals surface area contributed by atoms with Gasteiger partial charge in [0, 0.05) is 44.8 Å². The van der Waals surface area contributed by atoms with Crippen molar-refractivity contribution in [1.82, 2.24) is 40.4 Å². The second kappa shape index (κ2) is 16.3. The molecule has 2 aromatic heterocycles. The van der Waals surface area contributed by atoms with Gasteiger partial charge in [-0.05, 0) is 55.0 Å². The number of aliphatic hydroxyl groups excluding tert-OH is 2. The first-order valence-corrected chi connectivity index (χ1v) is 18.8. The summed E-state index contributed by atoms with van der Waals surface area (Å²) in [6.07, 6.45) is -5.43. The van der Waals surface area contributed by atoms with Crippen molar-refractivity contribution in [2.75, 3.05) is 42.9 Å². The zero-order valence-corrected chi connectivity index (χ0v) is 30.7. The van der Waals surface area contributed by atoms with Gasteiger partial charge >= 0.3 is 18.1 Å². The van der Waals surface area contributed by atoms with Gasteiger partial charge in [-0.15, -0.1) is 0 Å². The standard InChI is InChI=1S/C38H44F3N11O4/c1-2-14-51(35(55)38(39,40)41)28-16-29(32(54)31(28)53)52-21-45-30-33(44-18-22-7-9-23(10-8-22)27-6-4-3-5-24(27)17-42)48-36(49-34(30)52)50-15-12-26(20-50)47-37(56)46-25-11-13-43-19-25/h3-10,21,25-26,28-29,31-32,43,53-54H,2,11-16,18-20H2,1H3,(H,44,48,49)(H2,46,47,56)/t25?,26-,28+,29-,31-,32+/m1/s1. The lowest BCUT2D eigenvalue weighted by Crippen LogP contribution is -2.51. The van der Waals surface area contributed by atoms with Crippen LogP contribution in [0.5, 0.6) is 0 Å². The first-order chi connectivity index (χ1) is 26.9. The number of benzene rings is 2. The molecule has 3 amide bonds. The molecule has 1 unspecified atom stereocenters. The molecule has 1 saturated carbocycles. The Balaban J connectivity index is 1.16. The predicted molar refractivity (Wildman–Crippen MR) is 200 cm³/mol. The maximum absolute atomic E-state index is 13.6. The van der Waals surface area contributed by atoms with Crippen molar-refractivity contribution >= 4 is 34.9 Å². The highest BCUT2D eigenvalue weighted by atomic mass is 19.4. The van der Waals surface area contributed by atoms with E-state index in [0.717, 1.165) is 29.7 Å². The van der Waals surface area contributed by atoms with E-state index in [-0.39, 0.29) is 43.1 Å². The quantitative estimate of drug-likeness (QED) is 0.131. The van der Waals surface area contributed by atoms with E-state index in [4.69, 9.17) is 9.97 Å². The van der Waals surface area contributed by atoms with Gasteiger partial charge in [0.1, 0.15) is 12.2 Å². The molecule has 18 heteroatoms. The van der Waals surface area contributed by atoms with E-state index in [1.165, 1.54) is 10.9 Å². The lowest BCUT2D eigenvalue weighted by molar-refractivity contribution is -0.190. The number of carbonyl (C=O) groups excluding carboxylic acids is 2. The Morgan fingerprint density at radius 3 is 2.54 bits per heavy atom. The maximum Gasteiger partial charge on any atom is 0.471 e. The summed E-state index contributed by atoms with van der Waals surface area (Å²) in [7, 11) is 0. The third-order valence-electron chi connectivity index (χ3n) is 10.7. The van der Waals surface area contributed by atoms with Crippen LogP contribution in [0.4, 0.5) is 29.7 Å². The van der Waals surface area contributed by atoms with Crippen molar-refractivity contribution in [2.24, 2.45) is 0 Å². The van der Waals surface area contributed by atoms with Gasteiger partial charge in [-0.25, -0.2) is 9.78 Å². The number of hydrogen-bond donors (Lipinski definition) is 6. The molecule has 6 N–H and O–H groups in total. The number of carbonyl (C=O) groups is 2. The van der Waals surface area contributed by atoms with Crippen LogP contribution in [-0.2, 0) is 11.3 Å². The average molecular weight is 776 g/mol. The summed E-state index contributed by atoms with van der Waals surface area (Å²) in [4.78, 5) is 41.9. The summed E-state index contributed by atoms with van der Waals surface area (Å²) in [5.74, 6) is -1.41. The molecule has 0 radical (unpaired) electrons. The van der Waals surface area contributed by atoms with Crippen LogP contribution >= 0.6 is 0 Å². The van der Waals surface area contributed by atoms with Crippen molar-refractivity contribution in [3.05, 3.63) is 66.0 Å². The number of halogens is 3. The summed E-state index contributed by atoms with van der Waals surface area (Å²) < 4.78 is 42.3. The van der Waals surface area contributed by atoms with E-state index >= 15 is 0 Å². The number of amides is 3. The number of fused-ring (bicyclic) bond motifs is 1. The van der Waals surface area contributed by atoms with Crippen LogP contribution in [0.25, 0.3) is 22.3 Å². The molecule has 1 aliphatic carbocycles. The summed E-state index contributed by atoms with van der Waals surface area (Å²) in [5.41, 5.74) is 3.75. The molecule has 2 aliphatic heterocycles. The van der Waals surface area contributed by atoms with E-state index in [1.54, 1.807) is 13.0 Å². The number of nitrogens with one attached hydrogen (secondary N) is 4. The van der Waals surface area contributed by atoms with Gasteiger partial charge in [0.15, 0.2) is 17.0 Å². The fraction of sp³-hybridized carbons (Fsp3) is 0.474. The van der Waals surface area contributed by atoms with Crippen molar-refractivity contribution in [3.8, 4) is 17.2 Å². The first kappa shape index (κ1) is 38.8. The third kappa shape index (κ3) is 8.06. The molecule has 56 heavy (non-hydrogen) atoms. The number of anilines is 2. The Hall–Kier alpha value is -5.51. The molecule has 3 aliphatic rings. The summed E-state index contributed by atoms with van der Waals surface area (Å²) in [5, 5.41) is 44.5. The second-order valence-corrected chi connectivity index (χ2v) is 14.5. The summed E-state index contributed by atoms with van der Waals surface area (Å²) >= 11 is 0. The van der Waals surface area contributed by atoms with Crippen LogP contribution in [0, 0.1) is 11.3 Å². The highest BCUT2D eigenvalue weighted by Gasteiger charge is 2.51. The minimum atomic E-state index is -5.15. The molecule has 2 aromatic carbocycles. The Bertz CT molecular complexity index is 2080. The highest BCUT2D eigenvalue weighted by molar-refractivity contribution is 5.85. The average Bonchev–Trinajstić information content (AvgIpc) is 4.01. The number of nitrogens with zero attached hydrogens (tertiary/aromatic N) is 7. The van der Waals surface area contributed by atoms with Crippen LogP contribution in [0.15, 0.2) is 54.9 Å². The minimum Gasteiger partial charge on any atom is -0.388 e. The van der Waals surface area contributed by atoms with Gasteiger partial charge in [-0.1, -0.05) is 49.4 Å². The van der Waals surface area contributed by atoms with E-state index in [9.17, 15) is 38.2 Å². The van der Waals surface area contributed by atoms with Crippen LogP contribution in [0.2, 0.25) is 0 Å². The molecule has 296 valence electrons. The fourth-order valence-corrected chi connectivity index (χ4v) is 7.88. The molecule has 6 atom stereocenters. The van der Waals surface area contributed by atoms with Crippen LogP contribution in [-0.4, -0.2) is 116 Å². The van der Waals surface area contributed by atoms with E-state index < -0.39 is 36.4 Å². The van der Waals surface area contributed by atoms with Crippen molar-refractivity contribution in [3.63, 3.8) is 0 Å².